The Labute approximate surface area is 164 Å². The van der Waals surface area contributed by atoms with E-state index in [1.165, 1.54) is 19.1 Å². The van der Waals surface area contributed by atoms with Gasteiger partial charge in [0.05, 0.1) is 20.8 Å². The molecule has 0 fully saturated rings. The van der Waals surface area contributed by atoms with Gasteiger partial charge < -0.3 is 19.4 Å². The molecule has 0 saturated heterocycles. The molecular formula is C21H26N2O5. The molecule has 0 aliphatic heterocycles. The van der Waals surface area contributed by atoms with Gasteiger partial charge in [-0.15, -0.1) is 0 Å². The number of nitrogens with one attached hydrogen (secondary N) is 1. The fourth-order valence-corrected chi connectivity index (χ4v) is 3.19. The lowest BCUT2D eigenvalue weighted by atomic mass is 10.0. The highest BCUT2D eigenvalue weighted by Gasteiger charge is 2.25. The molecule has 28 heavy (non-hydrogen) atoms. The highest BCUT2D eigenvalue weighted by atomic mass is 16.5. The number of rotatable bonds is 8. The molecule has 0 radical (unpaired) electrons. The maximum absolute atomic E-state index is 13.0. The number of ketones is 1. The predicted octanol–water partition coefficient (Wildman–Crippen LogP) is 3.16. The summed E-state index contributed by atoms with van der Waals surface area (Å²) in [5.74, 6) is -0.426. The van der Waals surface area contributed by atoms with Crippen LogP contribution in [0.2, 0.25) is 0 Å². The molecule has 2 rings (SSSR count). The zero-order valence-electron chi connectivity index (χ0n) is 16.9. The van der Waals surface area contributed by atoms with Gasteiger partial charge in [-0.05, 0) is 44.0 Å². The highest BCUT2D eigenvalue weighted by molar-refractivity contribution is 6.05. The largest absolute Gasteiger partial charge is 0.497 e. The van der Waals surface area contributed by atoms with Crippen LogP contribution in [0.4, 0.5) is 0 Å². The van der Waals surface area contributed by atoms with E-state index in [9.17, 15) is 14.4 Å². The van der Waals surface area contributed by atoms with Crippen molar-refractivity contribution in [1.29, 1.82) is 0 Å². The Morgan fingerprint density at radius 3 is 2.46 bits per heavy atom. The molecular weight excluding hydrogens is 360 g/mol. The number of nitrogens with zero attached hydrogens (tertiary/aromatic N) is 1. The number of amides is 1. The molecule has 0 bridgehead atoms. The van der Waals surface area contributed by atoms with Gasteiger partial charge in [0.2, 0.25) is 0 Å². The van der Waals surface area contributed by atoms with Crippen molar-refractivity contribution in [2.75, 3.05) is 27.3 Å². The Morgan fingerprint density at radius 2 is 1.86 bits per heavy atom. The minimum Gasteiger partial charge on any atom is -0.497 e. The number of H-pyrrole nitrogens is 1. The Balaban J connectivity index is 2.29. The Bertz CT molecular complexity index is 885. The van der Waals surface area contributed by atoms with Gasteiger partial charge in [0.1, 0.15) is 11.4 Å². The smallest absolute Gasteiger partial charge is 0.354 e. The fourth-order valence-electron chi connectivity index (χ4n) is 3.19. The van der Waals surface area contributed by atoms with E-state index < -0.39 is 5.97 Å². The van der Waals surface area contributed by atoms with Gasteiger partial charge in [-0.3, -0.25) is 9.59 Å². The molecule has 7 nitrogen and oxygen atoms in total. The quantitative estimate of drug-likeness (QED) is 0.556. The monoisotopic (exact) mass is 386 g/mol. The van der Waals surface area contributed by atoms with Crippen LogP contribution >= 0.6 is 0 Å². The van der Waals surface area contributed by atoms with Gasteiger partial charge in [0, 0.05) is 23.4 Å². The van der Waals surface area contributed by atoms with Crippen LogP contribution in [-0.4, -0.2) is 54.9 Å². The number of benzene rings is 1. The summed E-state index contributed by atoms with van der Waals surface area (Å²) >= 11 is 0. The summed E-state index contributed by atoms with van der Waals surface area (Å²) in [5, 5.41) is 0. The third-order valence-electron chi connectivity index (χ3n) is 4.54. The lowest BCUT2D eigenvalue weighted by Gasteiger charge is -2.22. The van der Waals surface area contributed by atoms with E-state index in [0.717, 1.165) is 0 Å². The van der Waals surface area contributed by atoms with Gasteiger partial charge in [-0.2, -0.15) is 0 Å². The number of esters is 1. The van der Waals surface area contributed by atoms with Crippen LogP contribution in [0, 0.1) is 13.8 Å². The molecule has 1 aromatic heterocycles. The molecule has 1 heterocycles. The Kier molecular flexibility index (Phi) is 6.98. The van der Waals surface area contributed by atoms with Gasteiger partial charge >= 0.3 is 5.97 Å². The summed E-state index contributed by atoms with van der Waals surface area (Å²) in [6.45, 7) is 5.72. The maximum atomic E-state index is 13.0. The van der Waals surface area contributed by atoms with E-state index in [-0.39, 0.29) is 23.9 Å². The molecule has 2 aromatic rings. The summed E-state index contributed by atoms with van der Waals surface area (Å²) in [6, 6.07) is 6.84. The number of aromatic amines is 1. The number of Topliss-reactive ketones (excluding diaryl/α,β-unsaturated/α-hetero) is 1. The summed E-state index contributed by atoms with van der Waals surface area (Å²) < 4.78 is 9.92. The third-order valence-corrected chi connectivity index (χ3v) is 4.54. The van der Waals surface area contributed by atoms with E-state index in [1.54, 1.807) is 38.1 Å². The topological polar surface area (TPSA) is 88.7 Å². The zero-order chi connectivity index (χ0) is 20.8. The summed E-state index contributed by atoms with van der Waals surface area (Å²) in [7, 11) is 2.82. The van der Waals surface area contributed by atoms with E-state index in [0.29, 0.717) is 41.1 Å². The zero-order valence-corrected chi connectivity index (χ0v) is 16.9. The molecule has 0 aliphatic rings. The molecule has 0 aliphatic carbocycles. The van der Waals surface area contributed by atoms with Crippen LogP contribution in [-0.2, 0) is 4.74 Å². The minimum atomic E-state index is -0.530. The SMILES string of the molecule is CCCN(CC(=O)c1c(C)[nH]c(C(=O)OC)c1C)C(=O)c1cccc(OC)c1. The molecule has 0 spiro atoms. The summed E-state index contributed by atoms with van der Waals surface area (Å²) in [5.41, 5.74) is 2.23. The van der Waals surface area contributed by atoms with E-state index >= 15 is 0 Å². The maximum Gasteiger partial charge on any atom is 0.354 e. The van der Waals surface area contributed by atoms with Crippen molar-refractivity contribution in [2.45, 2.75) is 27.2 Å². The van der Waals surface area contributed by atoms with Gasteiger partial charge in [-0.1, -0.05) is 13.0 Å². The number of carbonyl (C=O) groups excluding carboxylic acids is 3. The van der Waals surface area contributed by atoms with Gasteiger partial charge in [-0.25, -0.2) is 4.79 Å². The molecule has 1 N–H and O–H groups in total. The van der Waals surface area contributed by atoms with Crippen molar-refractivity contribution in [1.82, 2.24) is 9.88 Å². The second-order valence-electron chi connectivity index (χ2n) is 6.50. The molecule has 1 amide bonds. The van der Waals surface area contributed by atoms with E-state index in [2.05, 4.69) is 4.98 Å². The van der Waals surface area contributed by atoms with Crippen molar-refractivity contribution in [3.05, 3.63) is 52.3 Å². The Morgan fingerprint density at radius 1 is 1.14 bits per heavy atom. The Hall–Kier alpha value is -3.09. The molecule has 1 aromatic carbocycles. The highest BCUT2D eigenvalue weighted by Crippen LogP contribution is 2.21. The van der Waals surface area contributed by atoms with Crippen LogP contribution in [0.3, 0.4) is 0 Å². The first-order valence-electron chi connectivity index (χ1n) is 9.08. The van der Waals surface area contributed by atoms with E-state index in [4.69, 9.17) is 9.47 Å². The van der Waals surface area contributed by atoms with Crippen molar-refractivity contribution in [3.63, 3.8) is 0 Å². The number of aryl methyl sites for hydroxylation is 1. The first-order valence-corrected chi connectivity index (χ1v) is 9.08. The summed E-state index contributed by atoms with van der Waals surface area (Å²) in [6.07, 6.45) is 0.710. The van der Waals surface area contributed by atoms with Crippen LogP contribution in [0.15, 0.2) is 24.3 Å². The van der Waals surface area contributed by atoms with E-state index in [1.807, 2.05) is 6.92 Å². The van der Waals surface area contributed by atoms with Crippen molar-refractivity contribution in [3.8, 4) is 5.75 Å². The number of carbonyl (C=O) groups is 3. The van der Waals surface area contributed by atoms with Gasteiger partial charge in [0.15, 0.2) is 5.78 Å². The fraction of sp³-hybridized carbons (Fsp3) is 0.381. The van der Waals surface area contributed by atoms with Crippen LogP contribution in [0.5, 0.6) is 5.75 Å². The first-order chi connectivity index (χ1) is 13.3. The van der Waals surface area contributed by atoms with Crippen LogP contribution < -0.4 is 4.74 Å². The number of hydrogen-bond donors (Lipinski definition) is 1. The number of ether oxygens (including phenoxy) is 2. The number of hydrogen-bond acceptors (Lipinski definition) is 5. The first kappa shape index (κ1) is 21.2. The average molecular weight is 386 g/mol. The standard InChI is InChI=1S/C21H26N2O5/c1-6-10-23(20(25)15-8-7-9-16(11-15)27-4)12-17(24)18-13(2)19(21(26)28-5)22-14(18)3/h7-9,11,22H,6,10,12H2,1-5H3. The second kappa shape index (κ2) is 9.21. The number of methoxy groups -OCH3 is 2. The van der Waals surface area contributed by atoms with Crippen LogP contribution in [0.25, 0.3) is 0 Å². The molecule has 0 unspecified atom stereocenters. The van der Waals surface area contributed by atoms with Crippen molar-refractivity contribution >= 4 is 17.7 Å². The predicted molar refractivity (Wildman–Crippen MR) is 105 cm³/mol. The lowest BCUT2D eigenvalue weighted by molar-refractivity contribution is 0.0593. The van der Waals surface area contributed by atoms with Crippen LogP contribution in [0.1, 0.15) is 55.8 Å². The van der Waals surface area contributed by atoms with Crippen molar-refractivity contribution in [2.24, 2.45) is 0 Å². The van der Waals surface area contributed by atoms with Crippen molar-refractivity contribution < 1.29 is 23.9 Å². The second-order valence-corrected chi connectivity index (χ2v) is 6.50. The lowest BCUT2D eigenvalue weighted by Crippen LogP contribution is -2.36. The number of aromatic nitrogens is 1. The average Bonchev–Trinajstić information content (AvgIpc) is 3.00. The molecule has 150 valence electrons. The summed E-state index contributed by atoms with van der Waals surface area (Å²) in [4.78, 5) is 42.2. The normalized spacial score (nSPS) is 10.5. The minimum absolute atomic E-state index is 0.0793. The molecule has 7 heteroatoms. The van der Waals surface area contributed by atoms with Gasteiger partial charge in [0.25, 0.3) is 5.91 Å². The third kappa shape index (κ3) is 4.42. The molecule has 0 atom stereocenters. The molecule has 0 saturated carbocycles.